The number of hydrogen-bond donors (Lipinski definition) is 0. The van der Waals surface area contributed by atoms with Crippen LogP contribution in [-0.4, -0.2) is 41.7 Å². The molecule has 4 rings (SSSR count). The highest BCUT2D eigenvalue weighted by atomic mass is 79.9. The Morgan fingerprint density at radius 1 is 1.33 bits per heavy atom. The molecule has 0 radical (unpaired) electrons. The third kappa shape index (κ3) is 4.71. The van der Waals surface area contributed by atoms with Gasteiger partial charge in [0.05, 0.1) is 24.9 Å². The summed E-state index contributed by atoms with van der Waals surface area (Å²) >= 11 is 4.91. The SMILES string of the molecule is CCOc1ncccc1C(=O)N(C[C@H]1CCCO1)c1nc(-c2ccc(Br)cc2)cs1. The number of ether oxygens (including phenoxy) is 2. The smallest absolute Gasteiger partial charge is 0.265 e. The number of benzene rings is 1. The molecule has 2 aromatic heterocycles. The van der Waals surface area contributed by atoms with Crippen molar-refractivity contribution in [3.63, 3.8) is 0 Å². The van der Waals surface area contributed by atoms with Crippen LogP contribution in [0.5, 0.6) is 5.88 Å². The molecule has 1 saturated heterocycles. The van der Waals surface area contributed by atoms with E-state index in [0.717, 1.165) is 35.2 Å². The standard InChI is InChI=1S/C22H22BrN3O3S/c1-2-28-20-18(6-3-11-24-20)21(27)26(13-17-5-4-12-29-17)22-25-19(14-30-22)15-7-9-16(23)10-8-15/h3,6-11,14,17H,2,4-5,12-13H2,1H3/t17-/m1/s1. The van der Waals surface area contributed by atoms with Gasteiger partial charge >= 0.3 is 0 Å². The van der Waals surface area contributed by atoms with Crippen molar-refractivity contribution in [3.05, 3.63) is 58.0 Å². The molecule has 3 aromatic rings. The van der Waals surface area contributed by atoms with Crippen LogP contribution in [0, 0.1) is 0 Å². The van der Waals surface area contributed by atoms with Gasteiger partial charge in [-0.1, -0.05) is 28.1 Å². The van der Waals surface area contributed by atoms with Crippen LogP contribution in [0.25, 0.3) is 11.3 Å². The van der Waals surface area contributed by atoms with Crippen LogP contribution in [0.3, 0.4) is 0 Å². The summed E-state index contributed by atoms with van der Waals surface area (Å²) in [4.78, 5) is 24.2. The summed E-state index contributed by atoms with van der Waals surface area (Å²) < 4.78 is 12.4. The van der Waals surface area contributed by atoms with Crippen molar-refractivity contribution in [2.75, 3.05) is 24.7 Å². The highest BCUT2D eigenvalue weighted by Crippen LogP contribution is 2.31. The summed E-state index contributed by atoms with van der Waals surface area (Å²) in [5, 5.41) is 2.61. The molecule has 0 N–H and O–H groups in total. The van der Waals surface area contributed by atoms with Gasteiger partial charge in [-0.3, -0.25) is 9.69 Å². The number of carbonyl (C=O) groups is 1. The lowest BCUT2D eigenvalue weighted by molar-refractivity contribution is 0.0913. The van der Waals surface area contributed by atoms with Crippen LogP contribution in [-0.2, 0) is 4.74 Å². The average molecular weight is 488 g/mol. The van der Waals surface area contributed by atoms with Crippen molar-refractivity contribution in [2.45, 2.75) is 25.9 Å². The number of thiazole rings is 1. The minimum atomic E-state index is -0.182. The third-order valence-corrected chi connectivity index (χ3v) is 6.19. The van der Waals surface area contributed by atoms with Crippen molar-refractivity contribution in [1.29, 1.82) is 0 Å². The van der Waals surface area contributed by atoms with E-state index in [9.17, 15) is 4.79 Å². The lowest BCUT2D eigenvalue weighted by Crippen LogP contribution is -2.37. The summed E-state index contributed by atoms with van der Waals surface area (Å²) in [5.74, 6) is 0.158. The zero-order valence-corrected chi connectivity index (χ0v) is 19.0. The number of rotatable bonds is 7. The highest BCUT2D eigenvalue weighted by Gasteiger charge is 2.29. The summed E-state index contributed by atoms with van der Waals surface area (Å²) in [6.07, 6.45) is 3.56. The number of anilines is 1. The van der Waals surface area contributed by atoms with Crippen molar-refractivity contribution in [2.24, 2.45) is 0 Å². The second-order valence-electron chi connectivity index (χ2n) is 6.86. The Kier molecular flexibility index (Phi) is 6.76. The van der Waals surface area contributed by atoms with E-state index in [-0.39, 0.29) is 12.0 Å². The minimum absolute atomic E-state index is 0.00111. The Bertz CT molecular complexity index is 1000. The van der Waals surface area contributed by atoms with Crippen LogP contribution in [0.15, 0.2) is 52.4 Å². The number of hydrogen-bond acceptors (Lipinski definition) is 6. The predicted octanol–water partition coefficient (Wildman–Crippen LogP) is 5.19. The molecule has 6 nitrogen and oxygen atoms in total. The van der Waals surface area contributed by atoms with Gasteiger partial charge in [-0.25, -0.2) is 9.97 Å². The maximum atomic E-state index is 13.5. The third-order valence-electron chi connectivity index (χ3n) is 4.80. The van der Waals surface area contributed by atoms with E-state index >= 15 is 0 Å². The summed E-state index contributed by atoms with van der Waals surface area (Å²) in [7, 11) is 0. The van der Waals surface area contributed by atoms with Crippen LogP contribution < -0.4 is 9.64 Å². The molecule has 1 fully saturated rings. The molecule has 156 valence electrons. The van der Waals surface area contributed by atoms with Crippen molar-refractivity contribution in [1.82, 2.24) is 9.97 Å². The maximum absolute atomic E-state index is 13.5. The Hall–Kier alpha value is -2.29. The number of nitrogens with zero attached hydrogens (tertiary/aromatic N) is 3. The molecule has 1 aliphatic rings. The van der Waals surface area contributed by atoms with Crippen molar-refractivity contribution in [3.8, 4) is 17.1 Å². The van der Waals surface area contributed by atoms with E-state index in [2.05, 4.69) is 20.9 Å². The second kappa shape index (κ2) is 9.68. The normalized spacial score (nSPS) is 15.9. The molecule has 0 aliphatic carbocycles. The Balaban J connectivity index is 1.66. The largest absolute Gasteiger partial charge is 0.477 e. The molecule has 0 unspecified atom stereocenters. The van der Waals surface area contributed by atoms with Gasteiger partial charge in [0, 0.05) is 28.2 Å². The summed E-state index contributed by atoms with van der Waals surface area (Å²) in [5.41, 5.74) is 2.27. The van der Waals surface area contributed by atoms with Crippen LogP contribution in [0.2, 0.25) is 0 Å². The topological polar surface area (TPSA) is 64.5 Å². The van der Waals surface area contributed by atoms with Gasteiger partial charge in [0.1, 0.15) is 5.56 Å². The van der Waals surface area contributed by atoms with Crippen LogP contribution in [0.4, 0.5) is 5.13 Å². The number of carbonyl (C=O) groups excluding carboxylic acids is 1. The van der Waals surface area contributed by atoms with Gasteiger partial charge in [0.15, 0.2) is 5.13 Å². The Morgan fingerprint density at radius 3 is 2.90 bits per heavy atom. The number of aromatic nitrogens is 2. The summed E-state index contributed by atoms with van der Waals surface area (Å²) in [6.45, 7) is 3.49. The van der Waals surface area contributed by atoms with E-state index in [1.807, 2.05) is 36.6 Å². The lowest BCUT2D eigenvalue weighted by Gasteiger charge is -2.23. The number of pyridine rings is 1. The fourth-order valence-corrected chi connectivity index (χ4v) is 4.44. The lowest BCUT2D eigenvalue weighted by atomic mass is 10.2. The van der Waals surface area contributed by atoms with E-state index in [1.165, 1.54) is 11.3 Å². The van der Waals surface area contributed by atoms with Crippen molar-refractivity contribution >= 4 is 38.3 Å². The predicted molar refractivity (Wildman–Crippen MR) is 121 cm³/mol. The summed E-state index contributed by atoms with van der Waals surface area (Å²) in [6, 6.07) is 11.5. The molecule has 0 bridgehead atoms. The van der Waals surface area contributed by atoms with Gasteiger partial charge in [0.25, 0.3) is 5.91 Å². The number of halogens is 1. The number of amides is 1. The minimum Gasteiger partial charge on any atom is -0.477 e. The van der Waals surface area contributed by atoms with Crippen LogP contribution >= 0.6 is 27.3 Å². The molecule has 0 saturated carbocycles. The Morgan fingerprint density at radius 2 is 2.17 bits per heavy atom. The quantitative estimate of drug-likeness (QED) is 0.458. The van der Waals surface area contributed by atoms with Gasteiger partial charge in [-0.2, -0.15) is 0 Å². The van der Waals surface area contributed by atoms with Gasteiger partial charge < -0.3 is 9.47 Å². The first-order valence-corrected chi connectivity index (χ1v) is 11.6. The van der Waals surface area contributed by atoms with Crippen molar-refractivity contribution < 1.29 is 14.3 Å². The van der Waals surface area contributed by atoms with E-state index in [0.29, 0.717) is 29.7 Å². The molecular formula is C22H22BrN3O3S. The van der Waals surface area contributed by atoms with E-state index < -0.39 is 0 Å². The molecule has 3 heterocycles. The Labute approximate surface area is 188 Å². The molecule has 30 heavy (non-hydrogen) atoms. The maximum Gasteiger partial charge on any atom is 0.265 e. The fourth-order valence-electron chi connectivity index (χ4n) is 3.33. The van der Waals surface area contributed by atoms with Gasteiger partial charge in [0.2, 0.25) is 5.88 Å². The molecule has 1 aromatic carbocycles. The van der Waals surface area contributed by atoms with Crippen LogP contribution in [0.1, 0.15) is 30.1 Å². The molecule has 1 aliphatic heterocycles. The highest BCUT2D eigenvalue weighted by molar-refractivity contribution is 9.10. The molecule has 0 spiro atoms. The van der Waals surface area contributed by atoms with E-state index in [4.69, 9.17) is 14.5 Å². The zero-order chi connectivity index (χ0) is 20.9. The average Bonchev–Trinajstić information content (AvgIpc) is 3.45. The fraction of sp³-hybridized carbons (Fsp3) is 0.318. The monoisotopic (exact) mass is 487 g/mol. The van der Waals surface area contributed by atoms with Gasteiger partial charge in [-0.05, 0) is 44.0 Å². The molecular weight excluding hydrogens is 466 g/mol. The molecule has 8 heteroatoms. The second-order valence-corrected chi connectivity index (χ2v) is 8.61. The van der Waals surface area contributed by atoms with Gasteiger partial charge in [-0.15, -0.1) is 11.3 Å². The first-order chi connectivity index (χ1) is 14.7. The zero-order valence-electron chi connectivity index (χ0n) is 16.6. The van der Waals surface area contributed by atoms with E-state index in [1.54, 1.807) is 23.2 Å². The first kappa shape index (κ1) is 21.0. The molecule has 1 atom stereocenters. The first-order valence-electron chi connectivity index (χ1n) is 9.88. The molecule has 1 amide bonds.